The molecule has 0 radical (unpaired) electrons. The highest BCUT2D eigenvalue weighted by molar-refractivity contribution is 7.80. The SMILES string of the molecule is O=C(COc1ccc(F)cc1)NNC(=S)Nc1cc([N+](=O)[O-])ccc1Cl. The van der Waals surface area contributed by atoms with E-state index in [4.69, 9.17) is 28.6 Å². The summed E-state index contributed by atoms with van der Waals surface area (Å²) in [6, 6.07) is 8.97. The molecule has 0 saturated heterocycles. The molecule has 11 heteroatoms. The third kappa shape index (κ3) is 5.83. The lowest BCUT2D eigenvalue weighted by Gasteiger charge is -2.13. The van der Waals surface area contributed by atoms with Crippen LogP contribution in [0.2, 0.25) is 5.02 Å². The van der Waals surface area contributed by atoms with E-state index in [0.29, 0.717) is 5.75 Å². The average Bonchev–Trinajstić information content (AvgIpc) is 2.61. The van der Waals surface area contributed by atoms with Crippen molar-refractivity contribution in [3.63, 3.8) is 0 Å². The number of rotatable bonds is 5. The zero-order chi connectivity index (χ0) is 19.1. The number of nitro groups is 1. The molecule has 0 aliphatic heterocycles. The second kappa shape index (κ2) is 8.92. The monoisotopic (exact) mass is 398 g/mol. The largest absolute Gasteiger partial charge is 0.484 e. The van der Waals surface area contributed by atoms with Gasteiger partial charge in [-0.2, -0.15) is 0 Å². The molecule has 3 N–H and O–H groups in total. The molecular weight excluding hydrogens is 387 g/mol. The molecular formula is C15H12ClFN4O4S. The van der Waals surface area contributed by atoms with E-state index in [-0.39, 0.29) is 28.1 Å². The fourth-order valence-electron chi connectivity index (χ4n) is 1.72. The highest BCUT2D eigenvalue weighted by Crippen LogP contribution is 2.26. The maximum Gasteiger partial charge on any atom is 0.276 e. The lowest BCUT2D eigenvalue weighted by Crippen LogP contribution is -2.45. The number of nitro benzene ring substituents is 1. The molecule has 136 valence electrons. The van der Waals surface area contributed by atoms with Gasteiger partial charge in [0.25, 0.3) is 11.6 Å². The Labute approximate surface area is 157 Å². The lowest BCUT2D eigenvalue weighted by molar-refractivity contribution is -0.384. The van der Waals surface area contributed by atoms with E-state index < -0.39 is 16.6 Å². The minimum atomic E-state index is -0.577. The minimum Gasteiger partial charge on any atom is -0.484 e. The van der Waals surface area contributed by atoms with Crippen molar-refractivity contribution in [1.82, 2.24) is 10.9 Å². The molecule has 0 unspecified atom stereocenters. The van der Waals surface area contributed by atoms with Crippen molar-refractivity contribution in [2.24, 2.45) is 0 Å². The summed E-state index contributed by atoms with van der Waals surface area (Å²) in [6.45, 7) is -0.335. The smallest absolute Gasteiger partial charge is 0.276 e. The molecule has 0 saturated carbocycles. The van der Waals surface area contributed by atoms with Crippen molar-refractivity contribution in [3.8, 4) is 5.75 Å². The number of carbonyl (C=O) groups excluding carboxylic acids is 1. The predicted octanol–water partition coefficient (Wildman–Crippen LogP) is 2.78. The van der Waals surface area contributed by atoms with Crippen LogP contribution in [-0.4, -0.2) is 22.5 Å². The van der Waals surface area contributed by atoms with Crippen molar-refractivity contribution in [2.45, 2.75) is 0 Å². The summed E-state index contributed by atoms with van der Waals surface area (Å²) in [5.41, 5.74) is 4.71. The van der Waals surface area contributed by atoms with E-state index in [1.165, 1.54) is 42.5 Å². The Kier molecular flexibility index (Phi) is 6.64. The van der Waals surface area contributed by atoms with Gasteiger partial charge in [0.05, 0.1) is 15.6 Å². The van der Waals surface area contributed by atoms with Crippen molar-refractivity contribution < 1.29 is 18.8 Å². The van der Waals surface area contributed by atoms with Crippen LogP contribution in [0.4, 0.5) is 15.8 Å². The van der Waals surface area contributed by atoms with Crippen molar-refractivity contribution in [3.05, 3.63) is 63.4 Å². The first-order chi connectivity index (χ1) is 12.3. The van der Waals surface area contributed by atoms with E-state index in [1.807, 2.05) is 0 Å². The van der Waals surface area contributed by atoms with Gasteiger partial charge in [0, 0.05) is 12.1 Å². The quantitative estimate of drug-likeness (QED) is 0.404. The predicted molar refractivity (Wildman–Crippen MR) is 97.5 cm³/mol. The summed E-state index contributed by atoms with van der Waals surface area (Å²) in [4.78, 5) is 21.9. The van der Waals surface area contributed by atoms with Gasteiger partial charge in [-0.15, -0.1) is 0 Å². The number of ether oxygens (including phenoxy) is 1. The third-order valence-electron chi connectivity index (χ3n) is 2.91. The van der Waals surface area contributed by atoms with Gasteiger partial charge in [-0.25, -0.2) is 4.39 Å². The number of benzene rings is 2. The second-order valence-electron chi connectivity index (χ2n) is 4.79. The first-order valence-corrected chi connectivity index (χ1v) is 7.82. The molecule has 0 aliphatic rings. The Morgan fingerprint density at radius 3 is 2.58 bits per heavy atom. The van der Waals surface area contributed by atoms with Crippen LogP contribution in [0, 0.1) is 15.9 Å². The maximum atomic E-state index is 12.8. The van der Waals surface area contributed by atoms with Gasteiger partial charge < -0.3 is 10.1 Å². The number of carbonyl (C=O) groups is 1. The minimum absolute atomic E-state index is 0.0393. The van der Waals surface area contributed by atoms with E-state index in [2.05, 4.69) is 16.2 Å². The van der Waals surface area contributed by atoms with E-state index in [1.54, 1.807) is 0 Å². The lowest BCUT2D eigenvalue weighted by atomic mass is 10.3. The van der Waals surface area contributed by atoms with Gasteiger partial charge in [0.2, 0.25) is 0 Å². The third-order valence-corrected chi connectivity index (χ3v) is 3.44. The number of hydrogen-bond donors (Lipinski definition) is 3. The van der Waals surface area contributed by atoms with E-state index in [9.17, 15) is 19.3 Å². The van der Waals surface area contributed by atoms with Gasteiger partial charge >= 0.3 is 0 Å². The van der Waals surface area contributed by atoms with Crippen molar-refractivity contribution >= 4 is 46.2 Å². The van der Waals surface area contributed by atoms with Crippen molar-refractivity contribution in [2.75, 3.05) is 11.9 Å². The first-order valence-electron chi connectivity index (χ1n) is 7.03. The second-order valence-corrected chi connectivity index (χ2v) is 5.61. The highest BCUT2D eigenvalue weighted by atomic mass is 35.5. The summed E-state index contributed by atoms with van der Waals surface area (Å²) in [5, 5.41) is 13.6. The van der Waals surface area contributed by atoms with Gasteiger partial charge in [0.15, 0.2) is 11.7 Å². The molecule has 0 aromatic heterocycles. The van der Waals surface area contributed by atoms with Crippen LogP contribution in [0.5, 0.6) is 5.75 Å². The maximum absolute atomic E-state index is 12.8. The number of nitrogens with zero attached hydrogens (tertiary/aromatic N) is 1. The molecule has 2 aromatic rings. The number of hydrogen-bond acceptors (Lipinski definition) is 5. The van der Waals surface area contributed by atoms with Crippen LogP contribution in [-0.2, 0) is 4.79 Å². The number of anilines is 1. The fourth-order valence-corrected chi connectivity index (χ4v) is 2.04. The molecule has 2 aromatic carbocycles. The Hall–Kier alpha value is -2.98. The number of amides is 1. The summed E-state index contributed by atoms with van der Waals surface area (Å²) in [5.74, 6) is -0.644. The number of halogens is 2. The molecule has 8 nitrogen and oxygen atoms in total. The topological polar surface area (TPSA) is 106 Å². The first kappa shape index (κ1) is 19.3. The standard InChI is InChI=1S/C15H12ClFN4O4S/c16-12-6-3-10(21(23)24)7-13(12)18-15(26)20-19-14(22)8-25-11-4-1-9(17)2-5-11/h1-7H,8H2,(H,19,22)(H2,18,20,26). The molecule has 0 atom stereocenters. The summed E-state index contributed by atoms with van der Waals surface area (Å²) < 4.78 is 17.9. The Morgan fingerprint density at radius 2 is 1.92 bits per heavy atom. The van der Waals surface area contributed by atoms with Crippen LogP contribution in [0.3, 0.4) is 0 Å². The van der Waals surface area contributed by atoms with Gasteiger partial charge in [-0.05, 0) is 42.5 Å². The summed E-state index contributed by atoms with van der Waals surface area (Å²) in [6.07, 6.45) is 0. The molecule has 1 amide bonds. The number of nitrogens with one attached hydrogen (secondary N) is 3. The average molecular weight is 399 g/mol. The number of hydrazine groups is 1. The van der Waals surface area contributed by atoms with Gasteiger partial charge in [-0.3, -0.25) is 25.8 Å². The highest BCUT2D eigenvalue weighted by Gasteiger charge is 2.11. The van der Waals surface area contributed by atoms with Crippen LogP contribution >= 0.6 is 23.8 Å². The number of non-ortho nitro benzene ring substituents is 1. The van der Waals surface area contributed by atoms with Crippen LogP contribution < -0.4 is 20.9 Å². The Balaban J connectivity index is 1.81. The van der Waals surface area contributed by atoms with E-state index >= 15 is 0 Å². The fraction of sp³-hybridized carbons (Fsp3) is 0.0667. The molecule has 0 heterocycles. The molecule has 0 aliphatic carbocycles. The Bertz CT molecular complexity index is 835. The molecule has 0 fully saturated rings. The Morgan fingerprint density at radius 1 is 1.23 bits per heavy atom. The van der Waals surface area contributed by atoms with Crippen molar-refractivity contribution in [1.29, 1.82) is 0 Å². The zero-order valence-corrected chi connectivity index (χ0v) is 14.6. The molecule has 26 heavy (non-hydrogen) atoms. The molecule has 0 bridgehead atoms. The zero-order valence-electron chi connectivity index (χ0n) is 13.0. The molecule has 0 spiro atoms. The molecule has 2 rings (SSSR count). The summed E-state index contributed by atoms with van der Waals surface area (Å²) >= 11 is 10.9. The van der Waals surface area contributed by atoms with Crippen LogP contribution in [0.1, 0.15) is 0 Å². The van der Waals surface area contributed by atoms with Crippen LogP contribution in [0.25, 0.3) is 0 Å². The van der Waals surface area contributed by atoms with Gasteiger partial charge in [0.1, 0.15) is 11.6 Å². The normalized spacial score (nSPS) is 9.92. The van der Waals surface area contributed by atoms with Crippen LogP contribution in [0.15, 0.2) is 42.5 Å². The van der Waals surface area contributed by atoms with E-state index in [0.717, 1.165) is 0 Å². The van der Waals surface area contributed by atoms with Gasteiger partial charge in [-0.1, -0.05) is 11.6 Å². The number of thiocarbonyl (C=S) groups is 1. The summed E-state index contributed by atoms with van der Waals surface area (Å²) in [7, 11) is 0.